The molecule has 2 aromatic carbocycles. The number of aromatic nitrogens is 1. The Morgan fingerprint density at radius 1 is 0.958 bits per heavy atom. The van der Waals surface area contributed by atoms with Gasteiger partial charge in [0.05, 0.1) is 0 Å². The van der Waals surface area contributed by atoms with Gasteiger partial charge < -0.3 is 0 Å². The monoisotopic (exact) mass is 366 g/mol. The van der Waals surface area contributed by atoms with E-state index in [2.05, 4.69) is 117 Å². The van der Waals surface area contributed by atoms with Gasteiger partial charge >= 0.3 is 150 Å². The summed E-state index contributed by atoms with van der Waals surface area (Å²) < 4.78 is 5.30. The van der Waals surface area contributed by atoms with Crippen molar-refractivity contribution in [1.29, 1.82) is 0 Å². The van der Waals surface area contributed by atoms with Gasteiger partial charge in [-0.2, -0.15) is 0 Å². The Morgan fingerprint density at radius 2 is 1.71 bits per heavy atom. The molecule has 3 aromatic rings. The summed E-state index contributed by atoms with van der Waals surface area (Å²) in [6, 6.07) is 26.3. The number of hydrogen-bond acceptors (Lipinski definition) is 3. The number of pyridine rings is 1. The van der Waals surface area contributed by atoms with Gasteiger partial charge in [-0.3, -0.25) is 0 Å². The molecule has 0 aliphatic carbocycles. The van der Waals surface area contributed by atoms with Crippen LogP contribution in [0.5, 0.6) is 0 Å². The molecule has 0 bridgehead atoms. The summed E-state index contributed by atoms with van der Waals surface area (Å²) in [6.07, 6.45) is 2.29. The predicted octanol–water partition coefficient (Wildman–Crippen LogP) is 4.76. The number of nitrogens with zero attached hydrogens (tertiary/aromatic N) is 2. The van der Waals surface area contributed by atoms with Gasteiger partial charge in [-0.25, -0.2) is 0 Å². The Bertz CT molecular complexity index is 949. The zero-order valence-electron chi connectivity index (χ0n) is 13.4. The average Bonchev–Trinajstić information content (AvgIpc) is 3.00. The minimum atomic E-state index is -2.80. The van der Waals surface area contributed by atoms with E-state index in [1.54, 1.807) is 0 Å². The van der Waals surface area contributed by atoms with Crippen LogP contribution in [-0.4, -0.2) is 5.97 Å². The normalized spacial score (nSPS) is 20.5. The SMILES string of the molecule is C[Si-]12(Sc3ccccc3)Sc3ccccc3N1Cc1cccc[n+]12. The van der Waals surface area contributed by atoms with E-state index in [1.807, 2.05) is 0 Å². The molecule has 3 heterocycles. The Hall–Kier alpha value is -1.69. The van der Waals surface area contributed by atoms with Crippen molar-refractivity contribution in [2.45, 2.75) is 22.9 Å². The van der Waals surface area contributed by atoms with Crippen molar-refractivity contribution in [1.82, 2.24) is 0 Å². The van der Waals surface area contributed by atoms with E-state index in [-0.39, 0.29) is 0 Å². The summed E-state index contributed by atoms with van der Waals surface area (Å²) in [5.41, 5.74) is 2.81. The first-order valence-corrected chi connectivity index (χ1v) is 14.1. The van der Waals surface area contributed by atoms with Crippen LogP contribution in [0.25, 0.3) is 0 Å². The third kappa shape index (κ3) is 1.83. The molecule has 0 spiro atoms. The van der Waals surface area contributed by atoms with E-state index in [0.29, 0.717) is 0 Å². The maximum atomic E-state index is 2.70. The molecule has 5 rings (SSSR count). The fourth-order valence-electron chi connectivity index (χ4n) is 3.94. The van der Waals surface area contributed by atoms with E-state index in [4.69, 9.17) is 0 Å². The maximum absolute atomic E-state index is 2.80. The summed E-state index contributed by atoms with van der Waals surface area (Å²) in [5, 5.41) is 0. The van der Waals surface area contributed by atoms with E-state index in [9.17, 15) is 0 Å². The van der Waals surface area contributed by atoms with E-state index < -0.39 is 5.97 Å². The van der Waals surface area contributed by atoms with Gasteiger partial charge in [0.2, 0.25) is 0 Å². The summed E-state index contributed by atoms with van der Waals surface area (Å²) in [4.78, 5) is 2.77. The first-order valence-electron chi connectivity index (χ1n) is 8.17. The molecule has 0 N–H and O–H groups in total. The van der Waals surface area contributed by atoms with E-state index >= 15 is 0 Å². The molecule has 24 heavy (non-hydrogen) atoms. The molecule has 0 fully saturated rings. The van der Waals surface area contributed by atoms with E-state index in [0.717, 1.165) is 6.54 Å². The summed E-state index contributed by atoms with van der Waals surface area (Å²) in [5.74, 6) is -2.80. The van der Waals surface area contributed by atoms with Crippen LogP contribution in [-0.2, 0) is 6.54 Å². The third-order valence-corrected chi connectivity index (χ3v) is 18.4. The van der Waals surface area contributed by atoms with Gasteiger partial charge in [-0.1, -0.05) is 0 Å². The third-order valence-electron chi connectivity index (χ3n) is 5.02. The first kappa shape index (κ1) is 14.6. The van der Waals surface area contributed by atoms with E-state index in [1.165, 1.54) is 21.2 Å². The number of rotatable bonds is 2. The van der Waals surface area contributed by atoms with Gasteiger partial charge in [-0.05, 0) is 0 Å². The molecule has 2 aliphatic rings. The number of anilines is 1. The molecule has 0 saturated heterocycles. The first-order chi connectivity index (χ1) is 11.7. The topological polar surface area (TPSA) is 7.12 Å². The van der Waals surface area contributed by atoms with Crippen LogP contribution in [0, 0.1) is 0 Å². The number of hydrogen-bond donors (Lipinski definition) is 0. The van der Waals surface area contributed by atoms with Crippen LogP contribution < -0.4 is 8.80 Å². The van der Waals surface area contributed by atoms with Crippen LogP contribution in [0.2, 0.25) is 6.55 Å². The Balaban J connectivity index is 1.76. The van der Waals surface area contributed by atoms with Crippen molar-refractivity contribution in [3.63, 3.8) is 0 Å². The molecule has 5 heteroatoms. The van der Waals surface area contributed by atoms with Crippen LogP contribution >= 0.6 is 22.4 Å². The zero-order valence-corrected chi connectivity index (χ0v) is 16.1. The molecule has 1 aromatic heterocycles. The average molecular weight is 367 g/mol. The fourth-order valence-corrected chi connectivity index (χ4v) is 18.5. The second-order valence-corrected chi connectivity index (χ2v) is 19.6. The Kier molecular flexibility index (Phi) is 2.99. The van der Waals surface area contributed by atoms with Crippen LogP contribution in [0.15, 0.2) is 88.8 Å². The molecule has 120 valence electrons. The van der Waals surface area contributed by atoms with Gasteiger partial charge in [0.25, 0.3) is 0 Å². The summed E-state index contributed by atoms with van der Waals surface area (Å²) in [7, 11) is 0. The van der Waals surface area contributed by atoms with Crippen molar-refractivity contribution in [3.05, 3.63) is 84.7 Å². The molecule has 0 atom stereocenters. The molecular weight excluding hydrogens is 348 g/mol. The summed E-state index contributed by atoms with van der Waals surface area (Å²) >= 11 is 4.17. The van der Waals surface area contributed by atoms with Crippen molar-refractivity contribution in [3.8, 4) is 0 Å². The fraction of sp³-hybridized carbons (Fsp3) is 0.105. The van der Waals surface area contributed by atoms with Gasteiger partial charge in [0.1, 0.15) is 0 Å². The van der Waals surface area contributed by atoms with Crippen LogP contribution in [0.4, 0.5) is 5.69 Å². The quantitative estimate of drug-likeness (QED) is 0.604. The molecule has 2 nitrogen and oxygen atoms in total. The number of benzene rings is 2. The molecule has 0 amide bonds. The van der Waals surface area contributed by atoms with Crippen LogP contribution in [0.1, 0.15) is 5.69 Å². The van der Waals surface area contributed by atoms with Crippen molar-refractivity contribution in [2.75, 3.05) is 4.57 Å². The van der Waals surface area contributed by atoms with Gasteiger partial charge in [0, 0.05) is 0 Å². The van der Waals surface area contributed by atoms with Crippen LogP contribution in [0.3, 0.4) is 0 Å². The Morgan fingerprint density at radius 3 is 2.58 bits per heavy atom. The number of para-hydroxylation sites is 1. The zero-order chi connectivity index (χ0) is 16.2. The second-order valence-electron chi connectivity index (χ2n) is 6.54. The number of fused-ring (bicyclic) bond motifs is 5. The standard InChI is InChI=1S/C19H18N2S2Si/c1-24(22-17-10-3-2-4-11-17)20-14-8-7-9-16(20)15-21(24)18-12-5-6-13-19(18)23-24/h2-14H,15H2,1H3. The van der Waals surface area contributed by atoms with Crippen molar-refractivity contribution < 1.29 is 4.23 Å². The molecule has 0 radical (unpaired) electrons. The molecule has 0 unspecified atom stereocenters. The summed E-state index contributed by atoms with van der Waals surface area (Å²) in [6.45, 7) is 3.51. The predicted molar refractivity (Wildman–Crippen MR) is 104 cm³/mol. The Labute approximate surface area is 150 Å². The van der Waals surface area contributed by atoms with Gasteiger partial charge in [-0.15, -0.1) is 0 Å². The molecule has 0 saturated carbocycles. The minimum absolute atomic E-state index is 0.995. The van der Waals surface area contributed by atoms with Crippen molar-refractivity contribution in [2.24, 2.45) is 0 Å². The molecular formula is C19H18N2S2Si. The van der Waals surface area contributed by atoms with Gasteiger partial charge in [0.15, 0.2) is 0 Å². The van der Waals surface area contributed by atoms with Crippen molar-refractivity contribution >= 4 is 34.1 Å². The second kappa shape index (κ2) is 4.91. The molecule has 2 aliphatic heterocycles.